The van der Waals surface area contributed by atoms with Crippen molar-refractivity contribution in [2.75, 3.05) is 4.90 Å². The average molecular weight is 611 g/mol. The Morgan fingerprint density at radius 1 is 0.702 bits per heavy atom. The number of furan rings is 1. The predicted octanol–water partition coefficient (Wildman–Crippen LogP) is 12.2. The zero-order valence-electron chi connectivity index (χ0n) is 26.6. The molecule has 1 aliphatic heterocycles. The van der Waals surface area contributed by atoms with Gasteiger partial charge in [0.2, 0.25) is 5.69 Å². The Kier molecular flexibility index (Phi) is 6.04. The van der Waals surface area contributed by atoms with Crippen LogP contribution in [0.3, 0.4) is 0 Å². The second-order valence-corrected chi connectivity index (χ2v) is 13.7. The van der Waals surface area contributed by atoms with Gasteiger partial charge < -0.3 is 14.1 Å². The molecule has 6 heteroatoms. The molecule has 0 fully saturated rings. The lowest BCUT2D eigenvalue weighted by Gasteiger charge is -2.46. The van der Waals surface area contributed by atoms with Gasteiger partial charge in [-0.25, -0.2) is 9.69 Å². The normalized spacial score (nSPS) is 15.5. The summed E-state index contributed by atoms with van der Waals surface area (Å²) in [5.74, 6) is 1.21. The summed E-state index contributed by atoms with van der Waals surface area (Å²) in [6.45, 7) is 25.2. The van der Waals surface area contributed by atoms with Crippen LogP contribution in [-0.4, -0.2) is 0 Å². The smallest absolute Gasteiger partial charge is 0.214 e. The molecule has 0 radical (unpaired) electrons. The van der Waals surface area contributed by atoms with Gasteiger partial charge in [0.05, 0.1) is 41.8 Å². The van der Waals surface area contributed by atoms with E-state index in [4.69, 9.17) is 22.3 Å². The van der Waals surface area contributed by atoms with Crippen LogP contribution in [0.5, 0.6) is 11.5 Å². The van der Waals surface area contributed by atoms with Gasteiger partial charge in [-0.1, -0.05) is 82.3 Å². The largest absolute Gasteiger partial charge is 0.456 e. The molecule has 0 spiro atoms. The molecule has 5 aromatic carbocycles. The molecule has 6 nitrogen and oxygen atoms in total. The summed E-state index contributed by atoms with van der Waals surface area (Å²) in [5, 5.41) is 12.8. The maximum Gasteiger partial charge on any atom is 0.214 e. The minimum atomic E-state index is -0.388. The van der Waals surface area contributed by atoms with E-state index in [0.29, 0.717) is 22.8 Å². The quantitative estimate of drug-likeness (QED) is 0.183. The fourth-order valence-corrected chi connectivity index (χ4v) is 7.53. The highest BCUT2D eigenvalue weighted by Crippen LogP contribution is 2.62. The summed E-state index contributed by atoms with van der Waals surface area (Å²) in [4.78, 5) is 9.92. The highest BCUT2D eigenvalue weighted by Gasteiger charge is 2.45. The Hall–Kier alpha value is -6.03. The molecule has 2 heterocycles. The fraction of sp³-hybridized carbons (Fsp3) is 0.195. The molecular weight excluding hydrogens is 580 g/mol. The number of nitrogens with zero attached hydrogens (tertiary/aromatic N) is 4. The summed E-state index contributed by atoms with van der Waals surface area (Å²) in [7, 11) is 0. The number of nitriles is 1. The monoisotopic (exact) mass is 610 g/mol. The van der Waals surface area contributed by atoms with Crippen molar-refractivity contribution in [1.29, 1.82) is 5.26 Å². The lowest BCUT2D eigenvalue weighted by atomic mass is 9.61. The number of para-hydroxylation sites is 1. The van der Waals surface area contributed by atoms with Crippen LogP contribution in [0.4, 0.5) is 28.4 Å². The standard InChI is InChI=1S/C41H30N4O2/c1-40(2)18-19-41(3,4)36-35(40)38(44-6)37(43-5)28(23-42)39(36)45-29-17-16-25(24-12-8-7-9-13-24)20-33(29)47-34-22-32-27(21-30(34)45)26-14-10-11-15-31(26)46-32/h7-17,20-22H,18-19H2,1-4H3. The fourth-order valence-electron chi connectivity index (χ4n) is 7.53. The Balaban J connectivity index is 1.53. The number of benzene rings is 5. The van der Waals surface area contributed by atoms with E-state index in [2.05, 4.69) is 72.6 Å². The molecule has 226 valence electrons. The molecule has 6 aromatic rings. The summed E-state index contributed by atoms with van der Waals surface area (Å²) >= 11 is 0. The van der Waals surface area contributed by atoms with Crippen molar-refractivity contribution in [2.45, 2.75) is 51.4 Å². The minimum absolute atomic E-state index is 0.104. The van der Waals surface area contributed by atoms with Crippen LogP contribution in [0.25, 0.3) is 42.8 Å². The van der Waals surface area contributed by atoms with E-state index < -0.39 is 0 Å². The number of ether oxygens (including phenoxy) is 1. The van der Waals surface area contributed by atoms with Gasteiger partial charge in [-0.2, -0.15) is 5.26 Å². The van der Waals surface area contributed by atoms with Crippen molar-refractivity contribution < 1.29 is 9.15 Å². The summed E-state index contributed by atoms with van der Waals surface area (Å²) in [6.07, 6.45) is 1.72. The van der Waals surface area contributed by atoms with E-state index >= 15 is 0 Å². The predicted molar refractivity (Wildman–Crippen MR) is 186 cm³/mol. The van der Waals surface area contributed by atoms with E-state index in [1.165, 1.54) is 0 Å². The van der Waals surface area contributed by atoms with Gasteiger partial charge in [-0.3, -0.25) is 0 Å². The van der Waals surface area contributed by atoms with Gasteiger partial charge in [0.25, 0.3) is 0 Å². The maximum atomic E-state index is 10.9. The number of rotatable bonds is 2. The van der Waals surface area contributed by atoms with Crippen LogP contribution in [0.15, 0.2) is 89.3 Å². The molecule has 0 atom stereocenters. The van der Waals surface area contributed by atoms with Crippen LogP contribution >= 0.6 is 0 Å². The van der Waals surface area contributed by atoms with Crippen molar-refractivity contribution in [3.63, 3.8) is 0 Å². The molecule has 47 heavy (non-hydrogen) atoms. The number of hydrogen-bond acceptors (Lipinski definition) is 4. The lowest BCUT2D eigenvalue weighted by molar-refractivity contribution is 0.334. The molecule has 8 rings (SSSR count). The van der Waals surface area contributed by atoms with Crippen LogP contribution in [0.2, 0.25) is 0 Å². The number of hydrogen-bond donors (Lipinski definition) is 0. The van der Waals surface area contributed by atoms with Crippen LogP contribution in [0, 0.1) is 24.5 Å². The molecule has 0 N–H and O–H groups in total. The van der Waals surface area contributed by atoms with Gasteiger partial charge in [0.15, 0.2) is 17.2 Å². The third-order valence-electron chi connectivity index (χ3n) is 9.94. The molecule has 0 saturated carbocycles. The van der Waals surface area contributed by atoms with E-state index in [0.717, 1.165) is 62.8 Å². The molecule has 0 amide bonds. The van der Waals surface area contributed by atoms with E-state index in [1.54, 1.807) is 0 Å². The first-order valence-electron chi connectivity index (χ1n) is 15.7. The molecule has 0 saturated heterocycles. The highest BCUT2D eigenvalue weighted by molar-refractivity contribution is 6.09. The summed E-state index contributed by atoms with van der Waals surface area (Å²) in [5.41, 5.74) is 7.28. The Morgan fingerprint density at radius 3 is 2.11 bits per heavy atom. The lowest BCUT2D eigenvalue weighted by Crippen LogP contribution is -2.36. The van der Waals surface area contributed by atoms with Crippen LogP contribution in [-0.2, 0) is 10.8 Å². The molecular formula is C41H30N4O2. The van der Waals surface area contributed by atoms with Crippen molar-refractivity contribution in [2.24, 2.45) is 0 Å². The minimum Gasteiger partial charge on any atom is -0.456 e. The third-order valence-corrected chi connectivity index (χ3v) is 9.94. The van der Waals surface area contributed by atoms with Crippen molar-refractivity contribution in [1.82, 2.24) is 0 Å². The van der Waals surface area contributed by atoms with Crippen LogP contribution < -0.4 is 9.64 Å². The highest BCUT2D eigenvalue weighted by atomic mass is 16.5. The Labute approximate surface area is 273 Å². The second-order valence-electron chi connectivity index (χ2n) is 13.7. The van der Waals surface area contributed by atoms with Crippen LogP contribution in [0.1, 0.15) is 57.2 Å². The van der Waals surface area contributed by atoms with Gasteiger partial charge in [0, 0.05) is 16.8 Å². The Morgan fingerprint density at radius 2 is 1.38 bits per heavy atom. The van der Waals surface area contributed by atoms with E-state index in [1.807, 2.05) is 60.7 Å². The van der Waals surface area contributed by atoms with E-state index in [-0.39, 0.29) is 27.8 Å². The summed E-state index contributed by atoms with van der Waals surface area (Å²) < 4.78 is 13.0. The van der Waals surface area contributed by atoms with Crippen molar-refractivity contribution in [3.05, 3.63) is 124 Å². The molecule has 0 unspecified atom stereocenters. The SMILES string of the molecule is [C-]#[N+]c1c(C#N)c(N2c3ccc(-c4ccccc4)cc3Oc3cc4oc5ccccc5c4cc32)c2c(c1[N+]#[C-])C(C)(C)CCC2(C)C. The molecule has 2 aliphatic rings. The first kappa shape index (κ1) is 28.4. The third kappa shape index (κ3) is 4.07. The first-order valence-corrected chi connectivity index (χ1v) is 15.7. The molecule has 1 aliphatic carbocycles. The van der Waals surface area contributed by atoms with Crippen molar-refractivity contribution >= 4 is 50.4 Å². The van der Waals surface area contributed by atoms with Gasteiger partial charge in [-0.05, 0) is 70.2 Å². The van der Waals surface area contributed by atoms with Gasteiger partial charge in [-0.15, -0.1) is 0 Å². The van der Waals surface area contributed by atoms with Gasteiger partial charge in [0.1, 0.15) is 11.2 Å². The molecule has 0 bridgehead atoms. The number of anilines is 3. The van der Waals surface area contributed by atoms with Gasteiger partial charge >= 0.3 is 0 Å². The first-order chi connectivity index (χ1) is 22.7. The second kappa shape index (κ2) is 9.98. The zero-order valence-corrected chi connectivity index (χ0v) is 26.6. The Bertz CT molecular complexity index is 2430. The zero-order chi connectivity index (χ0) is 32.7. The maximum absolute atomic E-state index is 10.9. The number of fused-ring (bicyclic) bond motifs is 6. The average Bonchev–Trinajstić information content (AvgIpc) is 3.44. The topological polar surface area (TPSA) is 58.1 Å². The molecule has 1 aromatic heterocycles. The van der Waals surface area contributed by atoms with Crippen molar-refractivity contribution in [3.8, 4) is 28.7 Å². The summed E-state index contributed by atoms with van der Waals surface area (Å²) in [6, 6.07) is 30.6. The van der Waals surface area contributed by atoms with E-state index in [9.17, 15) is 5.26 Å².